The molecule has 1 aromatic rings. The van der Waals surface area contributed by atoms with Crippen molar-refractivity contribution in [3.05, 3.63) is 35.9 Å². The molecule has 0 aromatic heterocycles. The Kier molecular flexibility index (Phi) is 5.98. The maximum atomic E-state index is 10.0. The van der Waals surface area contributed by atoms with E-state index in [2.05, 4.69) is 29.3 Å². The van der Waals surface area contributed by atoms with Crippen molar-refractivity contribution in [3.8, 4) is 0 Å². The predicted molar refractivity (Wildman–Crippen MR) is 80.7 cm³/mol. The molecule has 0 amide bonds. The number of nitrogens with zero attached hydrogens (tertiary/aromatic N) is 1. The standard InChI is InChI=1S/C16H26N2O2/c1-13(15-6-4-3-5-7-15)17-16(14(2)19)12-18-8-10-20-11-9-18/h3-7,13-14,16-17,19H,8-12H2,1-2H3/t13-,14+,16+/m0/s1. The Balaban J connectivity index is 1.91. The minimum absolute atomic E-state index is 0.0725. The molecule has 1 aromatic carbocycles. The molecule has 4 nitrogen and oxygen atoms in total. The first-order chi connectivity index (χ1) is 9.66. The van der Waals surface area contributed by atoms with Crippen molar-refractivity contribution in [2.75, 3.05) is 32.8 Å². The maximum Gasteiger partial charge on any atom is 0.0677 e. The highest BCUT2D eigenvalue weighted by Crippen LogP contribution is 2.14. The summed E-state index contributed by atoms with van der Waals surface area (Å²) in [5.74, 6) is 0. The van der Waals surface area contributed by atoms with Gasteiger partial charge in [-0.3, -0.25) is 4.90 Å². The van der Waals surface area contributed by atoms with Gasteiger partial charge in [0.1, 0.15) is 0 Å². The van der Waals surface area contributed by atoms with Crippen LogP contribution in [-0.4, -0.2) is 55.0 Å². The topological polar surface area (TPSA) is 44.7 Å². The van der Waals surface area contributed by atoms with Gasteiger partial charge in [-0.25, -0.2) is 0 Å². The first kappa shape index (κ1) is 15.4. The smallest absolute Gasteiger partial charge is 0.0677 e. The minimum Gasteiger partial charge on any atom is -0.392 e. The highest BCUT2D eigenvalue weighted by Gasteiger charge is 2.22. The van der Waals surface area contributed by atoms with Crippen LogP contribution in [0.25, 0.3) is 0 Å². The molecule has 1 fully saturated rings. The SMILES string of the molecule is C[C@H](N[C@H](CN1CCOCC1)[C@@H](C)O)c1ccccc1. The summed E-state index contributed by atoms with van der Waals surface area (Å²) >= 11 is 0. The van der Waals surface area contributed by atoms with Crippen LogP contribution in [-0.2, 0) is 4.74 Å². The molecule has 1 aliphatic rings. The molecule has 0 aliphatic carbocycles. The van der Waals surface area contributed by atoms with Crippen molar-refractivity contribution in [1.82, 2.24) is 10.2 Å². The number of morpholine rings is 1. The highest BCUT2D eigenvalue weighted by atomic mass is 16.5. The lowest BCUT2D eigenvalue weighted by Gasteiger charge is -2.33. The molecule has 20 heavy (non-hydrogen) atoms. The average molecular weight is 278 g/mol. The van der Waals surface area contributed by atoms with Gasteiger partial charge in [0.2, 0.25) is 0 Å². The molecule has 0 bridgehead atoms. The predicted octanol–water partition coefficient (Wildman–Crippen LogP) is 1.42. The third-order valence-corrected chi connectivity index (χ3v) is 3.90. The fourth-order valence-electron chi connectivity index (χ4n) is 2.57. The van der Waals surface area contributed by atoms with E-state index < -0.39 is 0 Å². The molecule has 0 radical (unpaired) electrons. The summed E-state index contributed by atoms with van der Waals surface area (Å²) in [6, 6.07) is 10.7. The largest absolute Gasteiger partial charge is 0.392 e. The lowest BCUT2D eigenvalue weighted by Crippen LogP contribution is -2.50. The molecule has 112 valence electrons. The summed E-state index contributed by atoms with van der Waals surface area (Å²) in [5, 5.41) is 13.6. The lowest BCUT2D eigenvalue weighted by molar-refractivity contribution is 0.0214. The molecular formula is C16H26N2O2. The third-order valence-electron chi connectivity index (χ3n) is 3.90. The number of benzene rings is 1. The fourth-order valence-corrected chi connectivity index (χ4v) is 2.57. The Morgan fingerprint density at radius 1 is 1.20 bits per heavy atom. The molecule has 1 saturated heterocycles. The van der Waals surface area contributed by atoms with Crippen molar-refractivity contribution >= 4 is 0 Å². The molecule has 2 rings (SSSR count). The molecule has 4 heteroatoms. The van der Waals surface area contributed by atoms with Crippen LogP contribution in [0.2, 0.25) is 0 Å². The number of rotatable bonds is 6. The number of hydrogen-bond acceptors (Lipinski definition) is 4. The molecule has 1 heterocycles. The van der Waals surface area contributed by atoms with Crippen molar-refractivity contribution < 1.29 is 9.84 Å². The molecule has 0 saturated carbocycles. The second-order valence-electron chi connectivity index (χ2n) is 5.56. The van der Waals surface area contributed by atoms with Crippen LogP contribution in [0.3, 0.4) is 0 Å². The van der Waals surface area contributed by atoms with E-state index in [9.17, 15) is 5.11 Å². The van der Waals surface area contributed by atoms with Gasteiger partial charge >= 0.3 is 0 Å². The molecule has 3 atom stereocenters. The highest BCUT2D eigenvalue weighted by molar-refractivity contribution is 5.18. The van der Waals surface area contributed by atoms with Gasteiger partial charge in [-0.15, -0.1) is 0 Å². The van der Waals surface area contributed by atoms with Crippen LogP contribution in [0.4, 0.5) is 0 Å². The van der Waals surface area contributed by atoms with E-state index in [4.69, 9.17) is 4.74 Å². The Bertz CT molecular complexity index is 377. The van der Waals surface area contributed by atoms with E-state index in [1.807, 2.05) is 25.1 Å². The molecule has 0 unspecified atom stereocenters. The summed E-state index contributed by atoms with van der Waals surface area (Å²) in [6.07, 6.45) is -0.371. The van der Waals surface area contributed by atoms with Gasteiger partial charge in [0.05, 0.1) is 19.3 Å². The van der Waals surface area contributed by atoms with Crippen LogP contribution in [0.5, 0.6) is 0 Å². The Morgan fingerprint density at radius 3 is 2.45 bits per heavy atom. The Labute approximate surface area is 121 Å². The molecule has 0 spiro atoms. The minimum atomic E-state index is -0.371. The summed E-state index contributed by atoms with van der Waals surface area (Å²) in [6.45, 7) is 8.34. The second-order valence-corrected chi connectivity index (χ2v) is 5.56. The number of aliphatic hydroxyl groups excluding tert-OH is 1. The van der Waals surface area contributed by atoms with E-state index in [1.54, 1.807) is 0 Å². The molecular weight excluding hydrogens is 252 g/mol. The van der Waals surface area contributed by atoms with Gasteiger partial charge in [-0.2, -0.15) is 0 Å². The number of nitrogens with one attached hydrogen (secondary N) is 1. The molecule has 1 aliphatic heterocycles. The van der Waals surface area contributed by atoms with Gasteiger partial charge in [-0.1, -0.05) is 30.3 Å². The summed E-state index contributed by atoms with van der Waals surface area (Å²) in [5.41, 5.74) is 1.25. The first-order valence-electron chi connectivity index (χ1n) is 7.46. The quantitative estimate of drug-likeness (QED) is 0.826. The van der Waals surface area contributed by atoms with Crippen molar-refractivity contribution in [2.24, 2.45) is 0 Å². The van der Waals surface area contributed by atoms with Crippen LogP contribution < -0.4 is 5.32 Å². The normalized spacial score (nSPS) is 21.4. The number of ether oxygens (including phenoxy) is 1. The summed E-state index contributed by atoms with van der Waals surface area (Å²) < 4.78 is 5.37. The van der Waals surface area contributed by atoms with Gasteiger partial charge < -0.3 is 15.2 Å². The van der Waals surface area contributed by atoms with Gasteiger partial charge in [-0.05, 0) is 19.4 Å². The Morgan fingerprint density at radius 2 is 1.85 bits per heavy atom. The van der Waals surface area contributed by atoms with Gasteiger partial charge in [0.15, 0.2) is 0 Å². The van der Waals surface area contributed by atoms with E-state index in [0.717, 1.165) is 32.8 Å². The van der Waals surface area contributed by atoms with Crippen LogP contribution in [0.15, 0.2) is 30.3 Å². The zero-order valence-corrected chi connectivity index (χ0v) is 12.5. The van der Waals surface area contributed by atoms with E-state index in [1.165, 1.54) is 5.56 Å². The van der Waals surface area contributed by atoms with Crippen LogP contribution in [0, 0.1) is 0 Å². The van der Waals surface area contributed by atoms with Crippen LogP contribution in [0.1, 0.15) is 25.5 Å². The van der Waals surface area contributed by atoms with Gasteiger partial charge in [0.25, 0.3) is 0 Å². The van der Waals surface area contributed by atoms with Crippen LogP contribution >= 0.6 is 0 Å². The van der Waals surface area contributed by atoms with E-state index >= 15 is 0 Å². The van der Waals surface area contributed by atoms with Crippen molar-refractivity contribution in [1.29, 1.82) is 0 Å². The first-order valence-corrected chi connectivity index (χ1v) is 7.46. The number of aliphatic hydroxyl groups is 1. The van der Waals surface area contributed by atoms with Crippen molar-refractivity contribution in [3.63, 3.8) is 0 Å². The maximum absolute atomic E-state index is 10.0. The monoisotopic (exact) mass is 278 g/mol. The zero-order chi connectivity index (χ0) is 14.4. The summed E-state index contributed by atoms with van der Waals surface area (Å²) in [7, 11) is 0. The molecule has 2 N–H and O–H groups in total. The zero-order valence-electron chi connectivity index (χ0n) is 12.5. The lowest BCUT2D eigenvalue weighted by atomic mass is 10.1. The van der Waals surface area contributed by atoms with E-state index in [0.29, 0.717) is 0 Å². The van der Waals surface area contributed by atoms with Crippen molar-refractivity contribution in [2.45, 2.75) is 32.0 Å². The third kappa shape index (κ3) is 4.56. The fraction of sp³-hybridized carbons (Fsp3) is 0.625. The average Bonchev–Trinajstić information content (AvgIpc) is 2.48. The number of hydrogen-bond donors (Lipinski definition) is 2. The van der Waals surface area contributed by atoms with Gasteiger partial charge in [0, 0.05) is 31.7 Å². The summed E-state index contributed by atoms with van der Waals surface area (Å²) in [4.78, 5) is 2.35. The Hall–Kier alpha value is -0.940. The second kappa shape index (κ2) is 7.74. The van der Waals surface area contributed by atoms with E-state index in [-0.39, 0.29) is 18.2 Å².